The van der Waals surface area contributed by atoms with Crippen LogP contribution in [0, 0.1) is 13.8 Å². The molecule has 0 unspecified atom stereocenters. The third-order valence-corrected chi connectivity index (χ3v) is 5.90. The van der Waals surface area contributed by atoms with E-state index in [1.54, 1.807) is 32.0 Å². The molecule has 1 amide bonds. The summed E-state index contributed by atoms with van der Waals surface area (Å²) in [5.74, 6) is -0.382. The van der Waals surface area contributed by atoms with Crippen LogP contribution in [-0.2, 0) is 14.8 Å². The van der Waals surface area contributed by atoms with Crippen LogP contribution in [0.5, 0.6) is 0 Å². The molecule has 7 heteroatoms. The number of nitrogens with one attached hydrogen (secondary N) is 1. The van der Waals surface area contributed by atoms with Gasteiger partial charge in [0.1, 0.15) is 6.04 Å². The Morgan fingerprint density at radius 3 is 2.22 bits per heavy atom. The Labute approximate surface area is 166 Å². The molecule has 5 nitrogen and oxygen atoms in total. The molecule has 0 aromatic heterocycles. The van der Waals surface area contributed by atoms with Gasteiger partial charge in [-0.1, -0.05) is 47.5 Å². The van der Waals surface area contributed by atoms with Gasteiger partial charge in [0.2, 0.25) is 15.9 Å². The standard InChI is InChI=1S/C20H25ClN2O3S/c1-13-6-9-17(10-7-13)15(3)22-20(24)16(4)23(27(5,25)26)19-12-18(21)11-8-14(19)2/h6-12,15-16H,1-5H3,(H,22,24)/t15-,16-/m0/s1. The number of benzene rings is 2. The fraction of sp³-hybridized carbons (Fsp3) is 0.350. The van der Waals surface area contributed by atoms with Gasteiger partial charge < -0.3 is 5.32 Å². The van der Waals surface area contributed by atoms with E-state index in [2.05, 4.69) is 5.32 Å². The zero-order chi connectivity index (χ0) is 20.4. The molecule has 0 radical (unpaired) electrons. The summed E-state index contributed by atoms with van der Waals surface area (Å²) in [6.45, 7) is 7.21. The number of carbonyl (C=O) groups is 1. The molecule has 0 saturated heterocycles. The first-order chi connectivity index (χ1) is 12.5. The van der Waals surface area contributed by atoms with Crippen LogP contribution < -0.4 is 9.62 Å². The van der Waals surface area contributed by atoms with E-state index in [0.717, 1.165) is 27.3 Å². The van der Waals surface area contributed by atoms with Crippen molar-refractivity contribution in [1.82, 2.24) is 5.32 Å². The summed E-state index contributed by atoms with van der Waals surface area (Å²) in [5, 5.41) is 3.30. The lowest BCUT2D eigenvalue weighted by atomic mass is 10.1. The zero-order valence-electron chi connectivity index (χ0n) is 16.2. The minimum atomic E-state index is -3.69. The minimum Gasteiger partial charge on any atom is -0.348 e. The van der Waals surface area contributed by atoms with Crippen molar-refractivity contribution in [3.05, 3.63) is 64.2 Å². The summed E-state index contributed by atoms with van der Waals surface area (Å²) in [6, 6.07) is 11.6. The molecular formula is C20H25ClN2O3S. The van der Waals surface area contributed by atoms with Gasteiger partial charge in [-0.25, -0.2) is 8.42 Å². The Morgan fingerprint density at radius 2 is 1.67 bits per heavy atom. The minimum absolute atomic E-state index is 0.248. The SMILES string of the molecule is Cc1ccc([C@H](C)NC(=O)[C@H](C)N(c2cc(Cl)ccc2C)S(C)(=O)=O)cc1. The second-order valence-corrected chi connectivity index (χ2v) is 9.10. The van der Waals surface area contributed by atoms with Crippen molar-refractivity contribution in [2.24, 2.45) is 0 Å². The van der Waals surface area contributed by atoms with E-state index in [0.29, 0.717) is 10.7 Å². The Morgan fingerprint density at radius 1 is 1.07 bits per heavy atom. The lowest BCUT2D eigenvalue weighted by Gasteiger charge is -2.30. The Hall–Kier alpha value is -2.05. The Kier molecular flexibility index (Phi) is 6.54. The summed E-state index contributed by atoms with van der Waals surface area (Å²) in [4.78, 5) is 12.8. The highest BCUT2D eigenvalue weighted by molar-refractivity contribution is 7.92. The molecule has 0 saturated carbocycles. The predicted octanol–water partition coefficient (Wildman–Crippen LogP) is 3.99. The Bertz CT molecular complexity index is 927. The summed E-state index contributed by atoms with van der Waals surface area (Å²) in [5.41, 5.74) is 3.20. The van der Waals surface area contributed by atoms with Gasteiger partial charge in [0.15, 0.2) is 0 Å². The number of halogens is 1. The molecule has 1 N–H and O–H groups in total. The third-order valence-electron chi connectivity index (χ3n) is 4.43. The number of nitrogens with zero attached hydrogens (tertiary/aromatic N) is 1. The lowest BCUT2D eigenvalue weighted by Crippen LogP contribution is -2.48. The average molecular weight is 409 g/mol. The van der Waals surface area contributed by atoms with Crippen LogP contribution in [0.25, 0.3) is 0 Å². The largest absolute Gasteiger partial charge is 0.348 e. The van der Waals surface area contributed by atoms with E-state index in [1.807, 2.05) is 38.1 Å². The van der Waals surface area contributed by atoms with Gasteiger partial charge in [-0.05, 0) is 51.0 Å². The number of rotatable bonds is 6. The van der Waals surface area contributed by atoms with Crippen molar-refractivity contribution in [2.45, 2.75) is 39.8 Å². The van der Waals surface area contributed by atoms with Crippen molar-refractivity contribution >= 4 is 33.2 Å². The molecule has 0 bridgehead atoms. The predicted molar refractivity (Wildman–Crippen MR) is 111 cm³/mol. The zero-order valence-corrected chi connectivity index (χ0v) is 17.7. The Balaban J connectivity index is 2.30. The highest BCUT2D eigenvalue weighted by Crippen LogP contribution is 2.28. The summed E-state index contributed by atoms with van der Waals surface area (Å²) in [7, 11) is -3.69. The molecule has 0 aliphatic heterocycles. The summed E-state index contributed by atoms with van der Waals surface area (Å²) >= 11 is 6.05. The van der Waals surface area contributed by atoms with Crippen molar-refractivity contribution in [3.8, 4) is 0 Å². The number of hydrogen-bond acceptors (Lipinski definition) is 3. The van der Waals surface area contributed by atoms with Crippen molar-refractivity contribution in [2.75, 3.05) is 10.6 Å². The van der Waals surface area contributed by atoms with E-state index in [9.17, 15) is 13.2 Å². The second-order valence-electron chi connectivity index (χ2n) is 6.81. The molecule has 0 fully saturated rings. The normalized spacial score (nSPS) is 13.7. The van der Waals surface area contributed by atoms with Crippen LogP contribution in [-0.4, -0.2) is 26.6 Å². The molecule has 2 aromatic rings. The van der Waals surface area contributed by atoms with Gasteiger partial charge in [-0.3, -0.25) is 9.10 Å². The average Bonchev–Trinajstić information content (AvgIpc) is 2.57. The van der Waals surface area contributed by atoms with Crippen LogP contribution in [0.15, 0.2) is 42.5 Å². The molecule has 2 atom stereocenters. The van der Waals surface area contributed by atoms with E-state index < -0.39 is 16.1 Å². The first-order valence-electron chi connectivity index (χ1n) is 8.63. The van der Waals surface area contributed by atoms with Gasteiger partial charge in [0.05, 0.1) is 18.0 Å². The lowest BCUT2D eigenvalue weighted by molar-refractivity contribution is -0.122. The maximum Gasteiger partial charge on any atom is 0.244 e. The number of hydrogen-bond donors (Lipinski definition) is 1. The highest BCUT2D eigenvalue weighted by atomic mass is 35.5. The van der Waals surface area contributed by atoms with Crippen LogP contribution in [0.2, 0.25) is 5.02 Å². The number of sulfonamides is 1. The van der Waals surface area contributed by atoms with Gasteiger partial charge in [-0.15, -0.1) is 0 Å². The van der Waals surface area contributed by atoms with Crippen LogP contribution >= 0.6 is 11.6 Å². The molecule has 27 heavy (non-hydrogen) atoms. The molecular weight excluding hydrogens is 384 g/mol. The number of aryl methyl sites for hydroxylation is 2. The molecule has 0 aliphatic rings. The maximum absolute atomic E-state index is 12.8. The van der Waals surface area contributed by atoms with Crippen molar-refractivity contribution < 1.29 is 13.2 Å². The van der Waals surface area contributed by atoms with Crippen LogP contribution in [0.1, 0.15) is 36.6 Å². The molecule has 2 aromatic carbocycles. The fourth-order valence-electron chi connectivity index (χ4n) is 2.87. The first-order valence-corrected chi connectivity index (χ1v) is 10.9. The maximum atomic E-state index is 12.8. The first kappa shape index (κ1) is 21.3. The number of anilines is 1. The topological polar surface area (TPSA) is 66.5 Å². The van der Waals surface area contributed by atoms with Crippen LogP contribution in [0.4, 0.5) is 5.69 Å². The van der Waals surface area contributed by atoms with Crippen LogP contribution in [0.3, 0.4) is 0 Å². The number of carbonyl (C=O) groups excluding carboxylic acids is 1. The quantitative estimate of drug-likeness (QED) is 0.785. The van der Waals surface area contributed by atoms with E-state index >= 15 is 0 Å². The van der Waals surface area contributed by atoms with Gasteiger partial charge in [0, 0.05) is 5.02 Å². The summed E-state index contributed by atoms with van der Waals surface area (Å²) in [6.07, 6.45) is 1.08. The van der Waals surface area contributed by atoms with E-state index in [-0.39, 0.29) is 11.9 Å². The summed E-state index contributed by atoms with van der Waals surface area (Å²) < 4.78 is 26.0. The molecule has 0 spiro atoms. The van der Waals surface area contributed by atoms with Crippen molar-refractivity contribution in [3.63, 3.8) is 0 Å². The van der Waals surface area contributed by atoms with E-state index in [1.165, 1.54) is 0 Å². The molecule has 2 rings (SSSR count). The van der Waals surface area contributed by atoms with Gasteiger partial charge in [-0.2, -0.15) is 0 Å². The van der Waals surface area contributed by atoms with Gasteiger partial charge in [0.25, 0.3) is 0 Å². The number of amides is 1. The second kappa shape index (κ2) is 8.31. The third kappa shape index (κ3) is 5.23. The molecule has 0 heterocycles. The van der Waals surface area contributed by atoms with Gasteiger partial charge >= 0.3 is 0 Å². The van der Waals surface area contributed by atoms with E-state index in [4.69, 9.17) is 11.6 Å². The highest BCUT2D eigenvalue weighted by Gasteiger charge is 2.31. The van der Waals surface area contributed by atoms with Crippen molar-refractivity contribution in [1.29, 1.82) is 0 Å². The monoisotopic (exact) mass is 408 g/mol. The molecule has 0 aliphatic carbocycles. The fourth-order valence-corrected chi connectivity index (χ4v) is 4.26. The molecule has 146 valence electrons. The smallest absolute Gasteiger partial charge is 0.244 e.